The van der Waals surface area contributed by atoms with Crippen LogP contribution in [0.2, 0.25) is 0 Å². The van der Waals surface area contributed by atoms with Crippen LogP contribution in [0.3, 0.4) is 0 Å². The summed E-state index contributed by atoms with van der Waals surface area (Å²) in [6.45, 7) is 2.00. The number of cyclic esters (lactones) is 1. The Hall–Kier alpha value is -0.530. The topological polar surface area (TPSA) is 26.3 Å². The van der Waals surface area contributed by atoms with Crippen LogP contribution in [0, 0.1) is 11.8 Å². The number of hydrogen-bond acceptors (Lipinski definition) is 2. The van der Waals surface area contributed by atoms with E-state index < -0.39 is 0 Å². The van der Waals surface area contributed by atoms with E-state index in [1.807, 2.05) is 6.92 Å². The van der Waals surface area contributed by atoms with E-state index in [4.69, 9.17) is 4.74 Å². The first-order valence-electron chi connectivity index (χ1n) is 4.95. The van der Waals surface area contributed by atoms with Crippen molar-refractivity contribution >= 4 is 5.97 Å². The standard InChI is InChI=1S/C10H16O2/c1-7-5-9(6-10(11)12-7)8-3-2-4-8/h7-9H,2-6H2,1H3. The Bertz CT molecular complexity index is 184. The Morgan fingerprint density at radius 3 is 2.58 bits per heavy atom. The second kappa shape index (κ2) is 3.08. The van der Waals surface area contributed by atoms with Gasteiger partial charge in [0.1, 0.15) is 0 Å². The molecule has 2 unspecified atom stereocenters. The minimum absolute atomic E-state index is 0.0191. The molecule has 12 heavy (non-hydrogen) atoms. The first-order valence-corrected chi connectivity index (χ1v) is 4.95. The molecule has 2 heteroatoms. The summed E-state index contributed by atoms with van der Waals surface area (Å²) < 4.78 is 5.10. The second-order valence-corrected chi connectivity index (χ2v) is 4.19. The first kappa shape index (κ1) is 8.09. The highest BCUT2D eigenvalue weighted by Gasteiger charge is 2.34. The van der Waals surface area contributed by atoms with E-state index in [1.165, 1.54) is 19.3 Å². The van der Waals surface area contributed by atoms with Crippen molar-refractivity contribution in [3.05, 3.63) is 0 Å². The second-order valence-electron chi connectivity index (χ2n) is 4.19. The Labute approximate surface area is 73.3 Å². The summed E-state index contributed by atoms with van der Waals surface area (Å²) >= 11 is 0. The molecule has 0 bridgehead atoms. The summed E-state index contributed by atoms with van der Waals surface area (Å²) in [6, 6.07) is 0. The molecular weight excluding hydrogens is 152 g/mol. The van der Waals surface area contributed by atoms with Gasteiger partial charge >= 0.3 is 5.97 Å². The third kappa shape index (κ3) is 1.47. The van der Waals surface area contributed by atoms with Crippen LogP contribution in [-0.4, -0.2) is 12.1 Å². The number of rotatable bonds is 1. The molecule has 1 saturated heterocycles. The molecule has 0 aromatic carbocycles. The van der Waals surface area contributed by atoms with E-state index in [-0.39, 0.29) is 12.1 Å². The molecule has 2 aliphatic rings. The molecular formula is C10H16O2. The third-order valence-electron chi connectivity index (χ3n) is 3.21. The fraction of sp³-hybridized carbons (Fsp3) is 0.900. The van der Waals surface area contributed by atoms with E-state index in [0.717, 1.165) is 12.3 Å². The van der Waals surface area contributed by atoms with Gasteiger partial charge in [-0.05, 0) is 25.2 Å². The van der Waals surface area contributed by atoms with Crippen LogP contribution in [0.4, 0.5) is 0 Å². The normalized spacial score (nSPS) is 37.2. The highest BCUT2D eigenvalue weighted by atomic mass is 16.5. The van der Waals surface area contributed by atoms with Gasteiger partial charge in [-0.25, -0.2) is 0 Å². The predicted molar refractivity (Wildman–Crippen MR) is 45.6 cm³/mol. The first-order chi connectivity index (χ1) is 5.75. The van der Waals surface area contributed by atoms with Gasteiger partial charge in [0.2, 0.25) is 0 Å². The van der Waals surface area contributed by atoms with Crippen LogP contribution in [0.1, 0.15) is 39.0 Å². The van der Waals surface area contributed by atoms with E-state index in [0.29, 0.717) is 12.3 Å². The lowest BCUT2D eigenvalue weighted by molar-refractivity contribution is -0.157. The summed E-state index contributed by atoms with van der Waals surface area (Å²) in [5, 5.41) is 0. The molecule has 0 spiro atoms. The number of carbonyl (C=O) groups is 1. The summed E-state index contributed by atoms with van der Waals surface area (Å²) in [4.78, 5) is 11.1. The lowest BCUT2D eigenvalue weighted by atomic mass is 9.72. The van der Waals surface area contributed by atoms with E-state index in [9.17, 15) is 4.79 Å². The molecule has 2 atom stereocenters. The highest BCUT2D eigenvalue weighted by Crippen LogP contribution is 2.39. The fourth-order valence-electron chi connectivity index (χ4n) is 2.31. The molecule has 0 N–H and O–H groups in total. The molecule has 1 aliphatic heterocycles. The average Bonchev–Trinajstić information content (AvgIpc) is 1.79. The van der Waals surface area contributed by atoms with E-state index >= 15 is 0 Å². The number of hydrogen-bond donors (Lipinski definition) is 0. The van der Waals surface area contributed by atoms with Crippen LogP contribution in [-0.2, 0) is 9.53 Å². The zero-order valence-electron chi connectivity index (χ0n) is 7.58. The Balaban J connectivity index is 1.92. The van der Waals surface area contributed by atoms with Crippen molar-refractivity contribution in [1.29, 1.82) is 0 Å². The van der Waals surface area contributed by atoms with Gasteiger partial charge in [-0.3, -0.25) is 4.79 Å². The molecule has 0 aromatic heterocycles. The van der Waals surface area contributed by atoms with Gasteiger partial charge in [-0.2, -0.15) is 0 Å². The Morgan fingerprint density at radius 2 is 2.08 bits per heavy atom. The van der Waals surface area contributed by atoms with Gasteiger partial charge in [-0.1, -0.05) is 19.3 Å². The van der Waals surface area contributed by atoms with Gasteiger partial charge in [0.25, 0.3) is 0 Å². The number of ether oxygens (including phenoxy) is 1. The maximum atomic E-state index is 11.1. The van der Waals surface area contributed by atoms with Crippen LogP contribution >= 0.6 is 0 Å². The van der Waals surface area contributed by atoms with Gasteiger partial charge in [0.05, 0.1) is 6.10 Å². The van der Waals surface area contributed by atoms with Crippen molar-refractivity contribution in [3.63, 3.8) is 0 Å². The minimum Gasteiger partial charge on any atom is -0.463 e. The van der Waals surface area contributed by atoms with Crippen molar-refractivity contribution in [1.82, 2.24) is 0 Å². The number of carbonyl (C=O) groups excluding carboxylic acids is 1. The zero-order valence-corrected chi connectivity index (χ0v) is 7.58. The van der Waals surface area contributed by atoms with Crippen LogP contribution in [0.25, 0.3) is 0 Å². The minimum atomic E-state index is 0.0191. The third-order valence-corrected chi connectivity index (χ3v) is 3.21. The van der Waals surface area contributed by atoms with Crippen molar-refractivity contribution in [3.8, 4) is 0 Å². The monoisotopic (exact) mass is 168 g/mol. The summed E-state index contributed by atoms with van der Waals surface area (Å²) in [6.07, 6.45) is 5.97. The van der Waals surface area contributed by atoms with Gasteiger partial charge < -0.3 is 4.74 Å². The molecule has 1 saturated carbocycles. The molecule has 2 nitrogen and oxygen atoms in total. The van der Waals surface area contributed by atoms with Crippen LogP contribution < -0.4 is 0 Å². The highest BCUT2D eigenvalue weighted by molar-refractivity contribution is 5.70. The lowest BCUT2D eigenvalue weighted by Crippen LogP contribution is -2.34. The van der Waals surface area contributed by atoms with Gasteiger partial charge in [-0.15, -0.1) is 0 Å². The van der Waals surface area contributed by atoms with Gasteiger partial charge in [0.15, 0.2) is 0 Å². The average molecular weight is 168 g/mol. The van der Waals surface area contributed by atoms with Crippen molar-refractivity contribution in [2.24, 2.45) is 11.8 Å². The van der Waals surface area contributed by atoms with E-state index in [2.05, 4.69) is 0 Å². The smallest absolute Gasteiger partial charge is 0.306 e. The number of esters is 1. The summed E-state index contributed by atoms with van der Waals surface area (Å²) in [5.41, 5.74) is 0. The maximum absolute atomic E-state index is 11.1. The molecule has 68 valence electrons. The quantitative estimate of drug-likeness (QED) is 0.561. The summed E-state index contributed by atoms with van der Waals surface area (Å²) in [7, 11) is 0. The Morgan fingerprint density at radius 1 is 1.33 bits per heavy atom. The maximum Gasteiger partial charge on any atom is 0.306 e. The van der Waals surface area contributed by atoms with Crippen molar-refractivity contribution < 1.29 is 9.53 Å². The SMILES string of the molecule is CC1CC(C2CCC2)CC(=O)O1. The van der Waals surface area contributed by atoms with Crippen LogP contribution in [0.15, 0.2) is 0 Å². The fourth-order valence-corrected chi connectivity index (χ4v) is 2.31. The molecule has 0 radical (unpaired) electrons. The Kier molecular flexibility index (Phi) is 2.07. The molecule has 0 aromatic rings. The largest absolute Gasteiger partial charge is 0.463 e. The molecule has 1 heterocycles. The molecule has 1 aliphatic carbocycles. The van der Waals surface area contributed by atoms with Gasteiger partial charge in [0, 0.05) is 6.42 Å². The van der Waals surface area contributed by atoms with E-state index in [1.54, 1.807) is 0 Å². The lowest BCUT2D eigenvalue weighted by Gasteiger charge is -2.37. The molecule has 0 amide bonds. The van der Waals surface area contributed by atoms with Crippen molar-refractivity contribution in [2.75, 3.05) is 0 Å². The molecule has 2 fully saturated rings. The molecule has 2 rings (SSSR count). The predicted octanol–water partition coefficient (Wildman–Crippen LogP) is 2.13. The van der Waals surface area contributed by atoms with Crippen LogP contribution in [0.5, 0.6) is 0 Å². The zero-order chi connectivity index (χ0) is 8.55. The summed E-state index contributed by atoms with van der Waals surface area (Å²) in [5.74, 6) is 1.49. The van der Waals surface area contributed by atoms with Crippen molar-refractivity contribution in [2.45, 2.75) is 45.1 Å².